The van der Waals surface area contributed by atoms with Gasteiger partial charge in [0.1, 0.15) is 0 Å². The van der Waals surface area contributed by atoms with Crippen LogP contribution in [-0.4, -0.2) is 4.98 Å². The summed E-state index contributed by atoms with van der Waals surface area (Å²) < 4.78 is 0. The number of hydrogen-bond acceptors (Lipinski definition) is 1. The Bertz CT molecular complexity index is 366. The van der Waals surface area contributed by atoms with Gasteiger partial charge in [0.25, 0.3) is 0 Å². The van der Waals surface area contributed by atoms with E-state index in [4.69, 9.17) is 0 Å². The highest BCUT2D eigenvalue weighted by Gasteiger charge is 2.22. The van der Waals surface area contributed by atoms with E-state index in [0.717, 1.165) is 11.8 Å². The Kier molecular flexibility index (Phi) is 3.32. The van der Waals surface area contributed by atoms with E-state index >= 15 is 0 Å². The summed E-state index contributed by atoms with van der Waals surface area (Å²) in [6, 6.07) is 2.39. The minimum absolute atomic E-state index is 0.595. The predicted molar refractivity (Wildman–Crippen MR) is 68.7 cm³/mol. The molecule has 1 heteroatoms. The van der Waals surface area contributed by atoms with Crippen LogP contribution in [0.3, 0.4) is 0 Å². The van der Waals surface area contributed by atoms with Gasteiger partial charge >= 0.3 is 0 Å². The Morgan fingerprint density at radius 2 is 2.00 bits per heavy atom. The molecule has 1 aliphatic carbocycles. The van der Waals surface area contributed by atoms with Crippen molar-refractivity contribution in [2.75, 3.05) is 0 Å². The van der Waals surface area contributed by atoms with Crippen molar-refractivity contribution in [3.63, 3.8) is 0 Å². The lowest BCUT2D eigenvalue weighted by Crippen LogP contribution is -2.20. The Morgan fingerprint density at radius 3 is 2.62 bits per heavy atom. The van der Waals surface area contributed by atoms with Crippen LogP contribution >= 0.6 is 0 Å². The number of fused-ring (bicyclic) bond motifs is 1. The fraction of sp³-hybridized carbons (Fsp3) is 0.667. The number of rotatable bonds is 2. The molecule has 0 aromatic carbocycles. The van der Waals surface area contributed by atoms with Crippen molar-refractivity contribution in [2.24, 2.45) is 11.8 Å². The van der Waals surface area contributed by atoms with E-state index < -0.39 is 0 Å². The highest BCUT2D eigenvalue weighted by atomic mass is 14.7. The molecule has 1 heterocycles. The molecule has 0 amide bonds. The molecule has 0 radical (unpaired) electrons. The first-order valence-electron chi connectivity index (χ1n) is 6.55. The summed E-state index contributed by atoms with van der Waals surface area (Å²) in [5.41, 5.74) is 4.25. The SMILES string of the molecule is CC(C)c1cnc2c(c1)CC(C(C)C)CC2. The van der Waals surface area contributed by atoms with Crippen LogP contribution in [-0.2, 0) is 12.8 Å². The number of pyridine rings is 1. The topological polar surface area (TPSA) is 12.9 Å². The summed E-state index contributed by atoms with van der Waals surface area (Å²) in [7, 11) is 0. The van der Waals surface area contributed by atoms with E-state index in [-0.39, 0.29) is 0 Å². The predicted octanol–water partition coefficient (Wildman–Crippen LogP) is 3.97. The van der Waals surface area contributed by atoms with Crippen molar-refractivity contribution in [1.29, 1.82) is 0 Å². The molecule has 0 bridgehead atoms. The van der Waals surface area contributed by atoms with E-state index in [1.54, 1.807) is 0 Å². The molecule has 1 unspecified atom stereocenters. The van der Waals surface area contributed by atoms with Crippen molar-refractivity contribution in [3.05, 3.63) is 29.1 Å². The Balaban J connectivity index is 2.25. The first kappa shape index (κ1) is 11.6. The van der Waals surface area contributed by atoms with E-state index in [2.05, 4.69) is 44.9 Å². The Labute approximate surface area is 99.3 Å². The maximum Gasteiger partial charge on any atom is 0.0435 e. The van der Waals surface area contributed by atoms with Crippen LogP contribution in [0.1, 0.15) is 56.9 Å². The van der Waals surface area contributed by atoms with E-state index in [9.17, 15) is 0 Å². The average Bonchev–Trinajstić information content (AvgIpc) is 2.27. The molecule has 1 atom stereocenters. The fourth-order valence-electron chi connectivity index (χ4n) is 2.55. The molecular weight excluding hydrogens is 194 g/mol. The maximum atomic E-state index is 4.63. The van der Waals surface area contributed by atoms with Crippen molar-refractivity contribution >= 4 is 0 Å². The lowest BCUT2D eigenvalue weighted by molar-refractivity contribution is 0.340. The van der Waals surface area contributed by atoms with Gasteiger partial charge in [0.15, 0.2) is 0 Å². The van der Waals surface area contributed by atoms with Gasteiger partial charge in [0.2, 0.25) is 0 Å². The fourth-order valence-corrected chi connectivity index (χ4v) is 2.55. The normalized spacial score (nSPS) is 20.2. The van der Waals surface area contributed by atoms with Crippen LogP contribution in [0.15, 0.2) is 12.3 Å². The van der Waals surface area contributed by atoms with Crippen LogP contribution in [0.2, 0.25) is 0 Å². The van der Waals surface area contributed by atoms with Crippen LogP contribution < -0.4 is 0 Å². The van der Waals surface area contributed by atoms with Crippen LogP contribution in [0, 0.1) is 11.8 Å². The molecule has 1 nitrogen and oxygen atoms in total. The highest BCUT2D eigenvalue weighted by Crippen LogP contribution is 2.30. The lowest BCUT2D eigenvalue weighted by Gasteiger charge is -2.27. The molecule has 1 aromatic heterocycles. The molecule has 0 spiro atoms. The van der Waals surface area contributed by atoms with Gasteiger partial charge in [-0.25, -0.2) is 0 Å². The Morgan fingerprint density at radius 1 is 1.25 bits per heavy atom. The van der Waals surface area contributed by atoms with Crippen molar-refractivity contribution in [3.8, 4) is 0 Å². The third kappa shape index (κ3) is 2.28. The van der Waals surface area contributed by atoms with Gasteiger partial charge in [-0.2, -0.15) is 0 Å². The molecule has 16 heavy (non-hydrogen) atoms. The molecule has 0 fully saturated rings. The second-order valence-corrected chi connectivity index (χ2v) is 5.78. The summed E-state index contributed by atoms with van der Waals surface area (Å²) >= 11 is 0. The summed E-state index contributed by atoms with van der Waals surface area (Å²) in [4.78, 5) is 4.63. The zero-order valence-corrected chi connectivity index (χ0v) is 11.0. The van der Waals surface area contributed by atoms with Gasteiger partial charge in [-0.15, -0.1) is 0 Å². The maximum absolute atomic E-state index is 4.63. The number of nitrogens with zero attached hydrogens (tertiary/aromatic N) is 1. The molecule has 1 aromatic rings. The smallest absolute Gasteiger partial charge is 0.0435 e. The molecule has 1 aliphatic rings. The van der Waals surface area contributed by atoms with Crippen molar-refractivity contribution in [1.82, 2.24) is 4.98 Å². The van der Waals surface area contributed by atoms with Crippen molar-refractivity contribution < 1.29 is 0 Å². The minimum atomic E-state index is 0.595. The van der Waals surface area contributed by atoms with Crippen LogP contribution in [0.4, 0.5) is 0 Å². The van der Waals surface area contributed by atoms with E-state index in [1.807, 2.05) is 0 Å². The molecule has 0 saturated heterocycles. The summed E-state index contributed by atoms with van der Waals surface area (Å²) in [6.07, 6.45) is 5.80. The molecular formula is C15H23N. The standard InChI is InChI=1S/C15H23N/c1-10(2)12-5-6-15-13(7-12)8-14(9-16-15)11(3)4/h8-12H,5-7H2,1-4H3. The first-order valence-corrected chi connectivity index (χ1v) is 6.55. The van der Waals surface area contributed by atoms with E-state index in [0.29, 0.717) is 5.92 Å². The van der Waals surface area contributed by atoms with E-state index in [1.165, 1.54) is 36.1 Å². The molecule has 0 N–H and O–H groups in total. The van der Waals surface area contributed by atoms with Gasteiger partial charge in [-0.3, -0.25) is 4.98 Å². The lowest BCUT2D eigenvalue weighted by atomic mass is 9.79. The second kappa shape index (κ2) is 4.57. The van der Waals surface area contributed by atoms with Crippen LogP contribution in [0.25, 0.3) is 0 Å². The third-order valence-corrected chi connectivity index (χ3v) is 3.92. The zero-order chi connectivity index (χ0) is 11.7. The minimum Gasteiger partial charge on any atom is -0.261 e. The number of hydrogen-bond donors (Lipinski definition) is 0. The largest absolute Gasteiger partial charge is 0.261 e. The summed E-state index contributed by atoms with van der Waals surface area (Å²) in [6.45, 7) is 9.17. The van der Waals surface area contributed by atoms with Gasteiger partial charge in [0, 0.05) is 11.9 Å². The van der Waals surface area contributed by atoms with Crippen LogP contribution in [0.5, 0.6) is 0 Å². The zero-order valence-electron chi connectivity index (χ0n) is 11.0. The quantitative estimate of drug-likeness (QED) is 0.730. The number of aromatic nitrogens is 1. The summed E-state index contributed by atoms with van der Waals surface area (Å²) in [5.74, 6) is 2.25. The molecule has 2 rings (SSSR count). The monoisotopic (exact) mass is 217 g/mol. The van der Waals surface area contributed by atoms with Crippen molar-refractivity contribution in [2.45, 2.75) is 52.9 Å². The molecule has 0 saturated carbocycles. The number of aryl methyl sites for hydroxylation is 1. The third-order valence-electron chi connectivity index (χ3n) is 3.92. The van der Waals surface area contributed by atoms with Gasteiger partial charge < -0.3 is 0 Å². The average molecular weight is 217 g/mol. The Hall–Kier alpha value is -0.850. The van der Waals surface area contributed by atoms with Gasteiger partial charge in [0.05, 0.1) is 0 Å². The molecule has 88 valence electrons. The van der Waals surface area contributed by atoms with Gasteiger partial charge in [-0.1, -0.05) is 33.8 Å². The highest BCUT2D eigenvalue weighted by molar-refractivity contribution is 5.29. The summed E-state index contributed by atoms with van der Waals surface area (Å²) in [5, 5.41) is 0. The first-order chi connectivity index (χ1) is 7.58. The molecule has 0 aliphatic heterocycles. The van der Waals surface area contributed by atoms with Gasteiger partial charge in [-0.05, 0) is 48.1 Å². The second-order valence-electron chi connectivity index (χ2n) is 5.78.